The Hall–Kier alpha value is -0.0900. The van der Waals surface area contributed by atoms with Crippen LogP contribution in [0.4, 0.5) is 0 Å². The molecule has 0 saturated carbocycles. The molecule has 0 saturated heterocycles. The Labute approximate surface area is 74.3 Å². The van der Waals surface area contributed by atoms with Gasteiger partial charge in [0.15, 0.2) is 0 Å². The third kappa shape index (κ3) is 1.49. The summed E-state index contributed by atoms with van der Waals surface area (Å²) in [6, 6.07) is 0. The lowest BCUT2D eigenvalue weighted by Gasteiger charge is -2.15. The number of aliphatic hydroxyl groups is 1. The van der Waals surface area contributed by atoms with E-state index in [0.29, 0.717) is 0 Å². The average molecular weight is 248 g/mol. The summed E-state index contributed by atoms with van der Waals surface area (Å²) in [7, 11) is 0. The lowest BCUT2D eigenvalue weighted by Crippen LogP contribution is -2.14. The van der Waals surface area contributed by atoms with Crippen LogP contribution in [-0.2, 0) is 0 Å². The third-order valence-corrected chi connectivity index (χ3v) is 2.36. The Morgan fingerprint density at radius 1 is 1.70 bits per heavy atom. The number of alkyl halides is 1. The minimum absolute atomic E-state index is 0.443. The van der Waals surface area contributed by atoms with Crippen LogP contribution < -0.4 is 0 Å². The molecule has 0 aliphatic heterocycles. The molecule has 0 spiro atoms. The fraction of sp³-hybridized carbons (Fsp3) is 0.250. The van der Waals surface area contributed by atoms with Crippen LogP contribution in [0.25, 0.3) is 0 Å². The van der Waals surface area contributed by atoms with Gasteiger partial charge in [-0.05, 0) is 11.1 Å². The second-order valence-electron chi connectivity index (χ2n) is 2.21. The standard InChI is InChI=1S/C8H9IO/c1-6-3-2-4-7(5-9)8(6)10/h2-4,8,10H,1,5H2/t8-/m0/s1. The van der Waals surface area contributed by atoms with Gasteiger partial charge in [-0.15, -0.1) is 0 Å². The Kier molecular flexibility index (Phi) is 2.68. The van der Waals surface area contributed by atoms with Crippen molar-refractivity contribution in [3.63, 3.8) is 0 Å². The van der Waals surface area contributed by atoms with Gasteiger partial charge in [0.1, 0.15) is 6.10 Å². The van der Waals surface area contributed by atoms with E-state index in [2.05, 4.69) is 29.2 Å². The van der Waals surface area contributed by atoms with Crippen molar-refractivity contribution >= 4 is 22.6 Å². The Balaban J connectivity index is 2.81. The minimum Gasteiger partial charge on any atom is -0.384 e. The summed E-state index contributed by atoms with van der Waals surface area (Å²) in [6.45, 7) is 3.71. The molecule has 0 bridgehead atoms. The smallest absolute Gasteiger partial charge is 0.101 e. The van der Waals surface area contributed by atoms with Crippen molar-refractivity contribution in [1.29, 1.82) is 0 Å². The molecule has 54 valence electrons. The van der Waals surface area contributed by atoms with Crippen LogP contribution in [0.15, 0.2) is 36.0 Å². The Bertz CT molecular complexity index is 203. The fourth-order valence-corrected chi connectivity index (χ4v) is 1.50. The number of hydrogen-bond acceptors (Lipinski definition) is 1. The van der Waals surface area contributed by atoms with Gasteiger partial charge in [0.2, 0.25) is 0 Å². The zero-order chi connectivity index (χ0) is 7.56. The summed E-state index contributed by atoms with van der Waals surface area (Å²) in [5, 5.41) is 9.41. The molecule has 1 N–H and O–H groups in total. The first-order valence-corrected chi connectivity index (χ1v) is 4.58. The minimum atomic E-state index is -0.443. The first kappa shape index (κ1) is 8.01. The SMILES string of the molecule is C=C1C=CC=C(CI)[C@H]1O. The van der Waals surface area contributed by atoms with E-state index >= 15 is 0 Å². The molecule has 1 aliphatic rings. The van der Waals surface area contributed by atoms with Gasteiger partial charge in [0.05, 0.1) is 0 Å². The Morgan fingerprint density at radius 2 is 2.40 bits per heavy atom. The van der Waals surface area contributed by atoms with E-state index in [0.717, 1.165) is 15.6 Å². The molecular weight excluding hydrogens is 239 g/mol. The number of aliphatic hydroxyl groups excluding tert-OH is 1. The molecular formula is C8H9IO. The van der Waals surface area contributed by atoms with Gasteiger partial charge in [-0.25, -0.2) is 0 Å². The van der Waals surface area contributed by atoms with Crippen LogP contribution in [0.2, 0.25) is 0 Å². The van der Waals surface area contributed by atoms with Crippen LogP contribution in [0.5, 0.6) is 0 Å². The maximum atomic E-state index is 9.41. The van der Waals surface area contributed by atoms with Gasteiger partial charge in [-0.2, -0.15) is 0 Å². The highest BCUT2D eigenvalue weighted by Crippen LogP contribution is 2.18. The lowest BCUT2D eigenvalue weighted by atomic mass is 9.99. The van der Waals surface area contributed by atoms with Crippen LogP contribution >= 0.6 is 22.6 Å². The highest BCUT2D eigenvalue weighted by Gasteiger charge is 2.12. The summed E-state index contributed by atoms with van der Waals surface area (Å²) in [4.78, 5) is 0. The molecule has 0 amide bonds. The Morgan fingerprint density at radius 3 is 2.90 bits per heavy atom. The zero-order valence-corrected chi connectivity index (χ0v) is 7.71. The second kappa shape index (κ2) is 3.34. The molecule has 1 aliphatic carbocycles. The van der Waals surface area contributed by atoms with E-state index in [1.165, 1.54) is 0 Å². The van der Waals surface area contributed by atoms with Gasteiger partial charge < -0.3 is 5.11 Å². The van der Waals surface area contributed by atoms with E-state index in [1.807, 2.05) is 18.2 Å². The molecule has 1 atom stereocenters. The molecule has 0 heterocycles. The summed E-state index contributed by atoms with van der Waals surface area (Å²) in [6.07, 6.45) is 5.25. The van der Waals surface area contributed by atoms with Crippen LogP contribution in [0, 0.1) is 0 Å². The fourth-order valence-electron chi connectivity index (χ4n) is 0.833. The predicted molar refractivity (Wildman–Crippen MR) is 51.3 cm³/mol. The molecule has 1 nitrogen and oxygen atoms in total. The van der Waals surface area contributed by atoms with E-state index in [9.17, 15) is 5.11 Å². The monoisotopic (exact) mass is 248 g/mol. The first-order chi connectivity index (χ1) is 4.75. The quantitative estimate of drug-likeness (QED) is 0.554. The number of allylic oxidation sites excluding steroid dienone is 2. The third-order valence-electron chi connectivity index (χ3n) is 1.48. The predicted octanol–water partition coefficient (Wildman–Crippen LogP) is 1.83. The maximum Gasteiger partial charge on any atom is 0.101 e. The van der Waals surface area contributed by atoms with Crippen molar-refractivity contribution in [2.45, 2.75) is 6.10 Å². The van der Waals surface area contributed by atoms with Crippen molar-refractivity contribution in [3.05, 3.63) is 36.0 Å². The highest BCUT2D eigenvalue weighted by molar-refractivity contribution is 14.1. The van der Waals surface area contributed by atoms with E-state index in [4.69, 9.17) is 0 Å². The maximum absolute atomic E-state index is 9.41. The number of hydrogen-bond donors (Lipinski definition) is 1. The normalized spacial score (nSPS) is 24.8. The van der Waals surface area contributed by atoms with Gasteiger partial charge in [-0.1, -0.05) is 47.4 Å². The number of rotatable bonds is 1. The molecule has 1 rings (SSSR count). The summed E-state index contributed by atoms with van der Waals surface area (Å²) in [5.74, 6) is 0. The van der Waals surface area contributed by atoms with E-state index in [-0.39, 0.29) is 0 Å². The summed E-state index contributed by atoms with van der Waals surface area (Å²) >= 11 is 2.23. The average Bonchev–Trinajstić information content (AvgIpc) is 1.95. The van der Waals surface area contributed by atoms with Crippen LogP contribution in [0.1, 0.15) is 0 Å². The van der Waals surface area contributed by atoms with Crippen molar-refractivity contribution in [3.8, 4) is 0 Å². The molecule has 0 unspecified atom stereocenters. The molecule has 10 heavy (non-hydrogen) atoms. The van der Waals surface area contributed by atoms with Gasteiger partial charge >= 0.3 is 0 Å². The first-order valence-electron chi connectivity index (χ1n) is 3.05. The molecule has 0 fully saturated rings. The molecule has 0 aromatic rings. The lowest BCUT2D eigenvalue weighted by molar-refractivity contribution is 0.251. The van der Waals surface area contributed by atoms with Crippen LogP contribution in [-0.4, -0.2) is 15.6 Å². The molecule has 0 aromatic carbocycles. The van der Waals surface area contributed by atoms with E-state index in [1.54, 1.807) is 0 Å². The van der Waals surface area contributed by atoms with Crippen molar-refractivity contribution in [1.82, 2.24) is 0 Å². The van der Waals surface area contributed by atoms with Crippen molar-refractivity contribution in [2.75, 3.05) is 4.43 Å². The van der Waals surface area contributed by atoms with Crippen LogP contribution in [0.3, 0.4) is 0 Å². The zero-order valence-electron chi connectivity index (χ0n) is 5.55. The van der Waals surface area contributed by atoms with Gasteiger partial charge in [-0.3, -0.25) is 0 Å². The highest BCUT2D eigenvalue weighted by atomic mass is 127. The summed E-state index contributed by atoms with van der Waals surface area (Å²) < 4.78 is 0.863. The topological polar surface area (TPSA) is 20.2 Å². The molecule has 0 aromatic heterocycles. The largest absolute Gasteiger partial charge is 0.384 e. The van der Waals surface area contributed by atoms with Crippen molar-refractivity contribution in [2.24, 2.45) is 0 Å². The van der Waals surface area contributed by atoms with Crippen molar-refractivity contribution < 1.29 is 5.11 Å². The summed E-state index contributed by atoms with van der Waals surface area (Å²) in [5.41, 5.74) is 1.82. The van der Waals surface area contributed by atoms with E-state index < -0.39 is 6.10 Å². The number of halogens is 1. The molecule has 2 heteroatoms. The van der Waals surface area contributed by atoms with Gasteiger partial charge in [0.25, 0.3) is 0 Å². The van der Waals surface area contributed by atoms with Gasteiger partial charge in [0, 0.05) is 4.43 Å². The second-order valence-corrected chi connectivity index (χ2v) is 2.97. The molecule has 0 radical (unpaired) electrons.